The lowest BCUT2D eigenvalue weighted by Crippen LogP contribution is -2.26. The Morgan fingerprint density at radius 2 is 1.80 bits per heavy atom. The van der Waals surface area contributed by atoms with E-state index in [1.54, 1.807) is 0 Å². The molecule has 82 valence electrons. The third kappa shape index (κ3) is 2.48. The van der Waals surface area contributed by atoms with Crippen LogP contribution in [0, 0.1) is 0 Å². The van der Waals surface area contributed by atoms with Gasteiger partial charge in [-0.25, -0.2) is 9.97 Å². The van der Waals surface area contributed by atoms with E-state index in [-0.39, 0.29) is 11.6 Å². The van der Waals surface area contributed by atoms with E-state index in [4.69, 9.17) is 14.2 Å². The van der Waals surface area contributed by atoms with Crippen molar-refractivity contribution in [1.29, 1.82) is 0 Å². The van der Waals surface area contributed by atoms with Crippen LogP contribution in [-0.2, 0) is 9.47 Å². The van der Waals surface area contributed by atoms with Gasteiger partial charge in [0.2, 0.25) is 18.0 Å². The Morgan fingerprint density at radius 3 is 2.33 bits per heavy atom. The molecule has 0 atom stereocenters. The van der Waals surface area contributed by atoms with E-state index in [0.717, 1.165) is 0 Å². The number of aromatic nitrogens is 2. The smallest absolute Gasteiger partial charge is 0.243 e. The van der Waals surface area contributed by atoms with Crippen LogP contribution in [0.2, 0.25) is 0 Å². The van der Waals surface area contributed by atoms with E-state index in [0.29, 0.717) is 0 Å². The molecule has 0 N–H and O–H groups in total. The lowest BCUT2D eigenvalue weighted by molar-refractivity contribution is -0.0745. The largest absolute Gasteiger partial charge is 0.479 e. The lowest BCUT2D eigenvalue weighted by Gasteiger charge is -2.12. The maximum Gasteiger partial charge on any atom is 0.243 e. The van der Waals surface area contributed by atoms with Crippen molar-refractivity contribution in [3.8, 4) is 5.88 Å². The number of hydrogen-bond acceptors (Lipinski definition) is 6. The van der Waals surface area contributed by atoms with Gasteiger partial charge in [-0.1, -0.05) is 0 Å². The summed E-state index contributed by atoms with van der Waals surface area (Å²) in [4.78, 5) is 19.5. The Labute approximate surface area is 87.2 Å². The van der Waals surface area contributed by atoms with Crippen LogP contribution in [-0.4, -0.2) is 43.4 Å². The van der Waals surface area contributed by atoms with E-state index < -0.39 is 12.1 Å². The fourth-order valence-corrected chi connectivity index (χ4v) is 1.07. The first-order valence-electron chi connectivity index (χ1n) is 4.19. The number of nitrogens with zero attached hydrogens (tertiary/aromatic N) is 2. The van der Waals surface area contributed by atoms with Gasteiger partial charge in [0.15, 0.2) is 5.69 Å². The zero-order valence-electron chi connectivity index (χ0n) is 8.76. The molecule has 0 saturated carbocycles. The van der Waals surface area contributed by atoms with Crippen LogP contribution < -0.4 is 4.74 Å². The predicted molar refractivity (Wildman–Crippen MR) is 50.7 cm³/mol. The molecule has 0 aliphatic rings. The molecule has 0 spiro atoms. The molecule has 1 aromatic rings. The standard InChI is InChI=1S/C9H12N2O4/c1-13-8-6(10-4-5-11-8)7(12)9(14-2)15-3/h4-5,9H,1-3H3. The molecule has 1 heterocycles. The number of ketones is 1. The highest BCUT2D eigenvalue weighted by atomic mass is 16.7. The molecule has 6 heteroatoms. The SMILES string of the molecule is COc1nccnc1C(=O)C(OC)OC. The van der Waals surface area contributed by atoms with Gasteiger partial charge in [0.1, 0.15) is 0 Å². The summed E-state index contributed by atoms with van der Waals surface area (Å²) < 4.78 is 14.5. The molecule has 15 heavy (non-hydrogen) atoms. The molecule has 0 unspecified atom stereocenters. The number of methoxy groups -OCH3 is 3. The second kappa shape index (κ2) is 5.38. The van der Waals surface area contributed by atoms with Crippen LogP contribution in [0.3, 0.4) is 0 Å². The Balaban J connectivity index is 2.99. The van der Waals surface area contributed by atoms with E-state index >= 15 is 0 Å². The van der Waals surface area contributed by atoms with Gasteiger partial charge in [-0.05, 0) is 0 Å². The van der Waals surface area contributed by atoms with E-state index in [1.807, 2.05) is 0 Å². The third-order valence-electron chi connectivity index (χ3n) is 1.73. The number of rotatable bonds is 5. The van der Waals surface area contributed by atoms with E-state index in [9.17, 15) is 4.79 Å². The Morgan fingerprint density at radius 1 is 1.20 bits per heavy atom. The number of Topliss-reactive ketones (excluding diaryl/α,β-unsaturated/α-hetero) is 1. The molecular weight excluding hydrogens is 200 g/mol. The summed E-state index contributed by atoms with van der Waals surface area (Å²) in [5.41, 5.74) is 0.0914. The topological polar surface area (TPSA) is 70.5 Å². The summed E-state index contributed by atoms with van der Waals surface area (Å²) in [6.07, 6.45) is 1.85. The molecule has 6 nitrogen and oxygen atoms in total. The van der Waals surface area contributed by atoms with Gasteiger partial charge in [-0.15, -0.1) is 0 Å². The summed E-state index contributed by atoms with van der Waals surface area (Å²) in [7, 11) is 4.15. The van der Waals surface area contributed by atoms with Gasteiger partial charge >= 0.3 is 0 Å². The number of carbonyl (C=O) groups is 1. The van der Waals surface area contributed by atoms with E-state index in [2.05, 4.69) is 9.97 Å². The molecular formula is C9H12N2O4. The van der Waals surface area contributed by atoms with Crippen molar-refractivity contribution in [2.75, 3.05) is 21.3 Å². The van der Waals surface area contributed by atoms with E-state index in [1.165, 1.54) is 33.7 Å². The maximum absolute atomic E-state index is 11.8. The van der Waals surface area contributed by atoms with Crippen LogP contribution in [0.5, 0.6) is 5.88 Å². The second-order valence-electron chi connectivity index (χ2n) is 2.58. The first-order valence-corrected chi connectivity index (χ1v) is 4.19. The van der Waals surface area contributed by atoms with Crippen molar-refractivity contribution in [3.63, 3.8) is 0 Å². The zero-order chi connectivity index (χ0) is 11.3. The van der Waals surface area contributed by atoms with Crippen molar-refractivity contribution < 1.29 is 19.0 Å². The minimum atomic E-state index is -0.990. The Hall–Kier alpha value is -1.53. The van der Waals surface area contributed by atoms with Crippen molar-refractivity contribution in [2.45, 2.75) is 6.29 Å². The monoisotopic (exact) mass is 212 g/mol. The Bertz CT molecular complexity index is 339. The molecule has 0 amide bonds. The number of carbonyl (C=O) groups excluding carboxylic acids is 1. The highest BCUT2D eigenvalue weighted by Crippen LogP contribution is 2.14. The van der Waals surface area contributed by atoms with Gasteiger partial charge in [0, 0.05) is 26.6 Å². The molecule has 1 aromatic heterocycles. The molecule has 0 fully saturated rings. The first kappa shape index (κ1) is 11.5. The third-order valence-corrected chi connectivity index (χ3v) is 1.73. The van der Waals surface area contributed by atoms with Crippen molar-refractivity contribution in [3.05, 3.63) is 18.1 Å². The summed E-state index contributed by atoms with van der Waals surface area (Å²) in [6, 6.07) is 0. The summed E-state index contributed by atoms with van der Waals surface area (Å²) >= 11 is 0. The maximum atomic E-state index is 11.8. The van der Waals surface area contributed by atoms with Crippen molar-refractivity contribution in [1.82, 2.24) is 9.97 Å². The molecule has 0 bridgehead atoms. The van der Waals surface area contributed by atoms with Gasteiger partial charge < -0.3 is 14.2 Å². The predicted octanol–water partition coefficient (Wildman–Crippen LogP) is 0.287. The first-order chi connectivity index (χ1) is 7.24. The van der Waals surface area contributed by atoms with Crippen molar-refractivity contribution >= 4 is 5.78 Å². The molecule has 0 aliphatic heterocycles. The lowest BCUT2D eigenvalue weighted by atomic mass is 10.2. The fourth-order valence-electron chi connectivity index (χ4n) is 1.07. The zero-order valence-corrected chi connectivity index (χ0v) is 8.76. The van der Waals surface area contributed by atoms with Crippen LogP contribution in [0.15, 0.2) is 12.4 Å². The second-order valence-corrected chi connectivity index (χ2v) is 2.58. The Kier molecular flexibility index (Phi) is 4.14. The summed E-state index contributed by atoms with van der Waals surface area (Å²) in [6.45, 7) is 0. The van der Waals surface area contributed by atoms with Crippen LogP contribution in [0.4, 0.5) is 0 Å². The normalized spacial score (nSPS) is 10.4. The number of hydrogen-bond donors (Lipinski definition) is 0. The highest BCUT2D eigenvalue weighted by Gasteiger charge is 2.24. The minimum absolute atomic E-state index is 0.0914. The quantitative estimate of drug-likeness (QED) is 0.516. The van der Waals surface area contributed by atoms with Gasteiger partial charge in [-0.3, -0.25) is 4.79 Å². The summed E-state index contributed by atoms with van der Waals surface area (Å²) in [5.74, 6) is -0.272. The average Bonchev–Trinajstić information content (AvgIpc) is 2.30. The minimum Gasteiger partial charge on any atom is -0.479 e. The van der Waals surface area contributed by atoms with Crippen LogP contribution >= 0.6 is 0 Å². The van der Waals surface area contributed by atoms with Gasteiger partial charge in [-0.2, -0.15) is 0 Å². The molecule has 0 aromatic carbocycles. The van der Waals surface area contributed by atoms with Gasteiger partial charge in [0.05, 0.1) is 7.11 Å². The molecule has 0 aliphatic carbocycles. The van der Waals surface area contributed by atoms with Crippen LogP contribution in [0.25, 0.3) is 0 Å². The highest BCUT2D eigenvalue weighted by molar-refractivity contribution is 5.98. The average molecular weight is 212 g/mol. The molecule has 0 radical (unpaired) electrons. The number of ether oxygens (including phenoxy) is 3. The van der Waals surface area contributed by atoms with Crippen molar-refractivity contribution in [2.24, 2.45) is 0 Å². The van der Waals surface area contributed by atoms with Gasteiger partial charge in [0.25, 0.3) is 0 Å². The van der Waals surface area contributed by atoms with Crippen LogP contribution in [0.1, 0.15) is 10.5 Å². The molecule has 0 saturated heterocycles. The summed E-state index contributed by atoms with van der Waals surface area (Å²) in [5, 5.41) is 0. The fraction of sp³-hybridized carbons (Fsp3) is 0.444. The molecule has 1 rings (SSSR count).